The molecule has 2 aliphatic rings. The normalized spacial score (nSPS) is 28.6. The van der Waals surface area contributed by atoms with Gasteiger partial charge in [-0.25, -0.2) is 4.79 Å². The van der Waals surface area contributed by atoms with Gasteiger partial charge in [-0.15, -0.1) is 0 Å². The maximum absolute atomic E-state index is 12.4. The first-order chi connectivity index (χ1) is 10.1. The number of urea groups is 1. The van der Waals surface area contributed by atoms with Crippen molar-refractivity contribution in [3.8, 4) is 6.07 Å². The van der Waals surface area contributed by atoms with Gasteiger partial charge in [-0.2, -0.15) is 5.26 Å². The predicted octanol–water partition coefficient (Wildman–Crippen LogP) is 1.13. The van der Waals surface area contributed by atoms with E-state index in [2.05, 4.69) is 16.7 Å². The minimum Gasteiger partial charge on any atom is -0.314 e. The molecular formula is C15H16N4O2. The smallest absolute Gasteiger partial charge is 0.314 e. The number of anilines is 1. The van der Waals surface area contributed by atoms with Crippen molar-refractivity contribution in [2.24, 2.45) is 0 Å². The van der Waals surface area contributed by atoms with Gasteiger partial charge in [0.05, 0.1) is 11.6 Å². The molecule has 108 valence electrons. The molecule has 0 bridgehead atoms. The van der Waals surface area contributed by atoms with Crippen molar-refractivity contribution in [1.29, 1.82) is 5.26 Å². The lowest BCUT2D eigenvalue weighted by molar-refractivity contribution is -0.124. The van der Waals surface area contributed by atoms with E-state index >= 15 is 0 Å². The highest BCUT2D eigenvalue weighted by Crippen LogP contribution is 2.37. The molecule has 0 unspecified atom stereocenters. The summed E-state index contributed by atoms with van der Waals surface area (Å²) < 4.78 is 0. The summed E-state index contributed by atoms with van der Waals surface area (Å²) >= 11 is 0. The number of nitrogens with zero attached hydrogens (tertiary/aromatic N) is 2. The first kappa shape index (κ1) is 13.6. The van der Waals surface area contributed by atoms with E-state index < -0.39 is 11.6 Å². The average molecular weight is 284 g/mol. The Morgan fingerprint density at radius 1 is 1.43 bits per heavy atom. The number of piperidine rings is 1. The lowest BCUT2D eigenvalue weighted by Crippen LogP contribution is -2.58. The highest BCUT2D eigenvalue weighted by atomic mass is 16.2. The summed E-state index contributed by atoms with van der Waals surface area (Å²) in [5.41, 5.74) is 0.207. The number of carbonyl (C=O) groups is 2. The van der Waals surface area contributed by atoms with E-state index in [4.69, 9.17) is 5.26 Å². The molecule has 3 rings (SSSR count). The molecule has 2 aliphatic heterocycles. The first-order valence-corrected chi connectivity index (χ1v) is 6.96. The molecule has 2 fully saturated rings. The predicted molar refractivity (Wildman–Crippen MR) is 76.6 cm³/mol. The van der Waals surface area contributed by atoms with Gasteiger partial charge in [-0.05, 0) is 44.5 Å². The standard InChI is InChI=1S/C15H16N4O2/c1-10-8-15(5-6-17-10)13(20)18-14(21)19(15)12-4-2-3-11(7-12)9-16/h2-4,7,10,17H,5-6,8H2,1H3,(H,18,20,21)/t10-,15+/m0/s1. The van der Waals surface area contributed by atoms with Crippen LogP contribution in [0.3, 0.4) is 0 Å². The number of carbonyl (C=O) groups excluding carboxylic acids is 2. The quantitative estimate of drug-likeness (QED) is 0.757. The van der Waals surface area contributed by atoms with Crippen molar-refractivity contribution in [3.63, 3.8) is 0 Å². The molecule has 0 aliphatic carbocycles. The van der Waals surface area contributed by atoms with E-state index in [0.717, 1.165) is 0 Å². The van der Waals surface area contributed by atoms with Gasteiger partial charge in [0.2, 0.25) is 0 Å². The number of benzene rings is 1. The average Bonchev–Trinajstić information content (AvgIpc) is 2.69. The molecule has 3 amide bonds. The summed E-state index contributed by atoms with van der Waals surface area (Å²) in [6, 6.07) is 8.60. The van der Waals surface area contributed by atoms with Gasteiger partial charge in [0.25, 0.3) is 5.91 Å². The van der Waals surface area contributed by atoms with Gasteiger partial charge < -0.3 is 5.32 Å². The molecule has 0 saturated carbocycles. The van der Waals surface area contributed by atoms with Crippen LogP contribution in [0.15, 0.2) is 24.3 Å². The number of amides is 3. The lowest BCUT2D eigenvalue weighted by atomic mass is 9.83. The third kappa shape index (κ3) is 2.06. The van der Waals surface area contributed by atoms with Crippen LogP contribution in [0.1, 0.15) is 25.3 Å². The Labute approximate surface area is 122 Å². The fourth-order valence-electron chi connectivity index (χ4n) is 3.26. The van der Waals surface area contributed by atoms with E-state index in [9.17, 15) is 9.59 Å². The molecule has 2 saturated heterocycles. The van der Waals surface area contributed by atoms with Crippen molar-refractivity contribution >= 4 is 17.6 Å². The second-order valence-electron chi connectivity index (χ2n) is 5.60. The van der Waals surface area contributed by atoms with Crippen LogP contribution in [0.5, 0.6) is 0 Å². The topological polar surface area (TPSA) is 85.2 Å². The number of rotatable bonds is 1. The largest absolute Gasteiger partial charge is 0.329 e. The van der Waals surface area contributed by atoms with Crippen LogP contribution in [0.2, 0.25) is 0 Å². The van der Waals surface area contributed by atoms with Crippen molar-refractivity contribution in [2.75, 3.05) is 11.4 Å². The molecule has 1 aromatic carbocycles. The lowest BCUT2D eigenvalue weighted by Gasteiger charge is -2.41. The molecule has 1 aromatic rings. The Balaban J connectivity index is 2.07. The first-order valence-electron chi connectivity index (χ1n) is 6.96. The summed E-state index contributed by atoms with van der Waals surface area (Å²) in [6.45, 7) is 2.68. The molecule has 0 aromatic heterocycles. The summed E-state index contributed by atoms with van der Waals surface area (Å²) in [4.78, 5) is 26.2. The summed E-state index contributed by atoms with van der Waals surface area (Å²) in [7, 11) is 0. The Morgan fingerprint density at radius 3 is 2.95 bits per heavy atom. The van der Waals surface area contributed by atoms with E-state index in [-0.39, 0.29) is 11.9 Å². The summed E-state index contributed by atoms with van der Waals surface area (Å²) in [5.74, 6) is -0.247. The molecular weight excluding hydrogens is 268 g/mol. The van der Waals surface area contributed by atoms with Crippen molar-refractivity contribution < 1.29 is 9.59 Å². The Morgan fingerprint density at radius 2 is 2.24 bits per heavy atom. The van der Waals surface area contributed by atoms with E-state index in [1.54, 1.807) is 24.3 Å². The molecule has 2 N–H and O–H groups in total. The molecule has 0 radical (unpaired) electrons. The van der Waals surface area contributed by atoms with Gasteiger partial charge in [0.15, 0.2) is 0 Å². The van der Waals surface area contributed by atoms with E-state index in [0.29, 0.717) is 30.6 Å². The summed E-state index contributed by atoms with van der Waals surface area (Å²) in [6.07, 6.45) is 1.12. The van der Waals surface area contributed by atoms with Crippen molar-refractivity contribution in [1.82, 2.24) is 10.6 Å². The molecule has 21 heavy (non-hydrogen) atoms. The Hall–Kier alpha value is -2.39. The van der Waals surface area contributed by atoms with Crippen LogP contribution in [0.25, 0.3) is 0 Å². The maximum Gasteiger partial charge on any atom is 0.329 e. The second kappa shape index (κ2) is 4.86. The molecule has 2 atom stereocenters. The highest BCUT2D eigenvalue weighted by molar-refractivity contribution is 6.17. The Kier molecular flexibility index (Phi) is 3.15. The van der Waals surface area contributed by atoms with Gasteiger partial charge in [0, 0.05) is 11.7 Å². The van der Waals surface area contributed by atoms with Crippen LogP contribution in [-0.4, -0.2) is 30.1 Å². The van der Waals surface area contributed by atoms with Crippen LogP contribution in [0, 0.1) is 11.3 Å². The number of hydrogen-bond acceptors (Lipinski definition) is 4. The Bertz CT molecular complexity index is 651. The molecule has 6 heteroatoms. The number of imide groups is 1. The zero-order chi connectivity index (χ0) is 15.0. The van der Waals surface area contributed by atoms with Crippen molar-refractivity contribution in [2.45, 2.75) is 31.3 Å². The molecule has 1 spiro atoms. The second-order valence-corrected chi connectivity index (χ2v) is 5.60. The van der Waals surface area contributed by atoms with E-state index in [1.807, 2.05) is 6.92 Å². The van der Waals surface area contributed by atoms with Gasteiger partial charge in [0.1, 0.15) is 5.54 Å². The minimum absolute atomic E-state index is 0.150. The number of hydrogen-bond donors (Lipinski definition) is 2. The van der Waals surface area contributed by atoms with Crippen LogP contribution in [0.4, 0.5) is 10.5 Å². The minimum atomic E-state index is -0.851. The van der Waals surface area contributed by atoms with Crippen molar-refractivity contribution in [3.05, 3.63) is 29.8 Å². The molecule has 2 heterocycles. The zero-order valence-corrected chi connectivity index (χ0v) is 11.7. The SMILES string of the molecule is C[C@H]1C[C@]2(CCN1)C(=O)NC(=O)N2c1cccc(C#N)c1. The fourth-order valence-corrected chi connectivity index (χ4v) is 3.26. The van der Waals surface area contributed by atoms with Gasteiger partial charge in [-0.1, -0.05) is 6.07 Å². The monoisotopic (exact) mass is 284 g/mol. The van der Waals surface area contributed by atoms with E-state index in [1.165, 1.54) is 4.90 Å². The van der Waals surface area contributed by atoms with Gasteiger partial charge >= 0.3 is 6.03 Å². The molecule has 6 nitrogen and oxygen atoms in total. The summed E-state index contributed by atoms with van der Waals surface area (Å²) in [5, 5.41) is 14.7. The third-order valence-corrected chi connectivity index (χ3v) is 4.18. The van der Waals surface area contributed by atoms with Crippen LogP contribution < -0.4 is 15.5 Å². The maximum atomic E-state index is 12.4. The number of nitriles is 1. The highest BCUT2D eigenvalue weighted by Gasteiger charge is 2.54. The number of nitrogens with one attached hydrogen (secondary N) is 2. The van der Waals surface area contributed by atoms with Crippen LogP contribution >= 0.6 is 0 Å². The third-order valence-electron chi connectivity index (χ3n) is 4.18. The zero-order valence-electron chi connectivity index (χ0n) is 11.7. The van der Waals surface area contributed by atoms with Crippen LogP contribution in [-0.2, 0) is 4.79 Å². The fraction of sp³-hybridized carbons (Fsp3) is 0.400. The van der Waals surface area contributed by atoms with Gasteiger partial charge in [-0.3, -0.25) is 15.0 Å².